The van der Waals surface area contributed by atoms with E-state index >= 15 is 0 Å². The molecule has 1 unspecified atom stereocenters. The molecule has 0 spiro atoms. The van der Waals surface area contributed by atoms with Crippen LogP contribution in [-0.4, -0.2) is 40.6 Å². The number of nitrogens with zero attached hydrogens (tertiary/aromatic N) is 2. The fourth-order valence-electron chi connectivity index (χ4n) is 2.13. The molecule has 0 bridgehead atoms. The smallest absolute Gasteiger partial charge is 0.335 e. The van der Waals surface area contributed by atoms with Gasteiger partial charge >= 0.3 is 12.0 Å². The van der Waals surface area contributed by atoms with E-state index in [1.165, 1.54) is 12.1 Å². The Morgan fingerprint density at radius 1 is 1.35 bits per heavy atom. The Balaban J connectivity index is 1.82. The van der Waals surface area contributed by atoms with Crippen LogP contribution < -0.4 is 5.32 Å². The summed E-state index contributed by atoms with van der Waals surface area (Å²) < 4.78 is 0. The van der Waals surface area contributed by atoms with Crippen molar-refractivity contribution in [3.05, 3.63) is 52.0 Å². The van der Waals surface area contributed by atoms with Gasteiger partial charge in [0.1, 0.15) is 0 Å². The second-order valence-corrected chi connectivity index (χ2v) is 6.24. The number of thiazole rings is 1. The fourth-order valence-corrected chi connectivity index (χ4v) is 2.82. The average molecular weight is 333 g/mol. The molecule has 0 aliphatic rings. The lowest BCUT2D eigenvalue weighted by molar-refractivity contribution is 0.0697. The zero-order valence-corrected chi connectivity index (χ0v) is 13.8. The first-order valence-corrected chi connectivity index (χ1v) is 8.06. The maximum absolute atomic E-state index is 12.1. The number of benzene rings is 1. The molecule has 7 heteroatoms. The third-order valence-electron chi connectivity index (χ3n) is 3.41. The Labute approximate surface area is 138 Å². The molecule has 1 aromatic carbocycles. The van der Waals surface area contributed by atoms with Gasteiger partial charge in [0.05, 0.1) is 10.6 Å². The second-order valence-electron chi connectivity index (χ2n) is 5.31. The number of carbonyl (C=O) groups is 2. The minimum atomic E-state index is -0.962. The zero-order valence-electron chi connectivity index (χ0n) is 13.0. The van der Waals surface area contributed by atoms with E-state index < -0.39 is 5.97 Å². The summed E-state index contributed by atoms with van der Waals surface area (Å²) in [6, 6.07) is 6.27. The Hall–Kier alpha value is -2.41. The SMILES string of the molecule is CC(CN(C)C(=O)NCc1ccc(C(=O)O)cc1)c1nccs1. The minimum Gasteiger partial charge on any atom is -0.478 e. The zero-order chi connectivity index (χ0) is 16.8. The molecule has 122 valence electrons. The fraction of sp³-hybridized carbons (Fsp3) is 0.312. The molecule has 23 heavy (non-hydrogen) atoms. The second kappa shape index (κ2) is 7.73. The number of hydrogen-bond acceptors (Lipinski definition) is 4. The lowest BCUT2D eigenvalue weighted by Gasteiger charge is -2.21. The predicted octanol–water partition coefficient (Wildman–Crippen LogP) is 2.79. The molecule has 2 rings (SSSR count). The van der Waals surface area contributed by atoms with E-state index in [1.807, 2.05) is 12.3 Å². The van der Waals surface area contributed by atoms with E-state index in [0.717, 1.165) is 10.6 Å². The number of likely N-dealkylation sites (N-methyl/N-ethyl adjacent to an activating group) is 1. The van der Waals surface area contributed by atoms with Crippen LogP contribution in [0.3, 0.4) is 0 Å². The van der Waals surface area contributed by atoms with Crippen LogP contribution in [0, 0.1) is 0 Å². The van der Waals surface area contributed by atoms with Gasteiger partial charge in [-0.05, 0) is 17.7 Å². The maximum atomic E-state index is 12.1. The highest BCUT2D eigenvalue weighted by molar-refractivity contribution is 7.09. The van der Waals surface area contributed by atoms with Gasteiger partial charge in [0.25, 0.3) is 0 Å². The first-order valence-electron chi connectivity index (χ1n) is 7.18. The van der Waals surface area contributed by atoms with Gasteiger partial charge in [0.2, 0.25) is 0 Å². The quantitative estimate of drug-likeness (QED) is 0.851. The minimum absolute atomic E-state index is 0.171. The van der Waals surface area contributed by atoms with Crippen molar-refractivity contribution in [3.63, 3.8) is 0 Å². The van der Waals surface area contributed by atoms with Crippen molar-refractivity contribution in [1.82, 2.24) is 15.2 Å². The number of aromatic nitrogens is 1. The van der Waals surface area contributed by atoms with Crippen molar-refractivity contribution in [2.45, 2.75) is 19.4 Å². The molecule has 1 atom stereocenters. The summed E-state index contributed by atoms with van der Waals surface area (Å²) in [4.78, 5) is 28.8. The number of carboxylic acid groups (broad SMARTS) is 1. The molecule has 0 aliphatic heterocycles. The molecule has 0 fully saturated rings. The Bertz CT molecular complexity index is 656. The van der Waals surface area contributed by atoms with Crippen molar-refractivity contribution >= 4 is 23.3 Å². The highest BCUT2D eigenvalue weighted by atomic mass is 32.1. The summed E-state index contributed by atoms with van der Waals surface area (Å²) >= 11 is 1.58. The molecule has 0 radical (unpaired) electrons. The number of nitrogens with one attached hydrogen (secondary N) is 1. The highest BCUT2D eigenvalue weighted by Gasteiger charge is 2.15. The van der Waals surface area contributed by atoms with Crippen LogP contribution in [0.5, 0.6) is 0 Å². The van der Waals surface area contributed by atoms with Gasteiger partial charge in [-0.2, -0.15) is 0 Å². The van der Waals surface area contributed by atoms with Crippen LogP contribution in [0.2, 0.25) is 0 Å². The summed E-state index contributed by atoms with van der Waals surface area (Å²) in [5.41, 5.74) is 1.08. The predicted molar refractivity (Wildman–Crippen MR) is 88.8 cm³/mol. The van der Waals surface area contributed by atoms with Crippen LogP contribution in [0.25, 0.3) is 0 Å². The molecule has 0 saturated heterocycles. The van der Waals surface area contributed by atoms with E-state index in [1.54, 1.807) is 41.6 Å². The summed E-state index contributed by atoms with van der Waals surface area (Å²) in [7, 11) is 1.74. The van der Waals surface area contributed by atoms with Crippen molar-refractivity contribution in [1.29, 1.82) is 0 Å². The molecule has 6 nitrogen and oxygen atoms in total. The molecule has 2 aromatic rings. The van der Waals surface area contributed by atoms with Gasteiger partial charge in [0.15, 0.2) is 0 Å². The van der Waals surface area contributed by atoms with Crippen molar-refractivity contribution in [2.24, 2.45) is 0 Å². The molecular formula is C16H19N3O3S. The van der Waals surface area contributed by atoms with Gasteiger partial charge < -0.3 is 15.3 Å². The first kappa shape index (κ1) is 17.0. The van der Waals surface area contributed by atoms with Gasteiger partial charge in [-0.3, -0.25) is 0 Å². The molecule has 0 aliphatic carbocycles. The van der Waals surface area contributed by atoms with Crippen molar-refractivity contribution < 1.29 is 14.7 Å². The third kappa shape index (κ3) is 4.79. The number of urea groups is 1. The van der Waals surface area contributed by atoms with Crippen molar-refractivity contribution in [2.75, 3.05) is 13.6 Å². The van der Waals surface area contributed by atoms with E-state index in [-0.39, 0.29) is 17.5 Å². The molecule has 2 N–H and O–H groups in total. The van der Waals surface area contributed by atoms with E-state index in [9.17, 15) is 9.59 Å². The summed E-state index contributed by atoms with van der Waals surface area (Å²) in [5, 5.41) is 14.6. The molecule has 2 amide bonds. The molecular weight excluding hydrogens is 314 g/mol. The van der Waals surface area contributed by atoms with Crippen molar-refractivity contribution in [3.8, 4) is 0 Å². The molecule has 0 saturated carbocycles. The van der Waals surface area contributed by atoms with Crippen LogP contribution >= 0.6 is 11.3 Å². The largest absolute Gasteiger partial charge is 0.478 e. The average Bonchev–Trinajstić information content (AvgIpc) is 3.07. The maximum Gasteiger partial charge on any atom is 0.335 e. The lowest BCUT2D eigenvalue weighted by Crippen LogP contribution is -2.38. The van der Waals surface area contributed by atoms with Gasteiger partial charge in [-0.25, -0.2) is 14.6 Å². The summed E-state index contributed by atoms with van der Waals surface area (Å²) in [5.74, 6) is -0.780. The Morgan fingerprint density at radius 2 is 2.04 bits per heavy atom. The summed E-state index contributed by atoms with van der Waals surface area (Å²) in [6.45, 7) is 2.97. The topological polar surface area (TPSA) is 82.5 Å². The first-order chi connectivity index (χ1) is 11.0. The monoisotopic (exact) mass is 333 g/mol. The standard InChI is InChI=1S/C16H19N3O3S/c1-11(14-17-7-8-23-14)10-19(2)16(22)18-9-12-3-5-13(6-4-12)15(20)21/h3-8,11H,9-10H2,1-2H3,(H,18,22)(H,20,21). The van der Waals surface area contributed by atoms with Gasteiger partial charge in [0, 0.05) is 37.6 Å². The number of aromatic carboxylic acids is 1. The van der Waals surface area contributed by atoms with E-state index in [2.05, 4.69) is 10.3 Å². The van der Waals surface area contributed by atoms with E-state index in [4.69, 9.17) is 5.11 Å². The summed E-state index contributed by atoms with van der Waals surface area (Å²) in [6.07, 6.45) is 1.76. The Morgan fingerprint density at radius 3 is 2.61 bits per heavy atom. The number of carboxylic acids is 1. The number of amides is 2. The van der Waals surface area contributed by atoms with Gasteiger partial charge in [-0.15, -0.1) is 11.3 Å². The molecule has 1 aromatic heterocycles. The van der Waals surface area contributed by atoms with Crippen LogP contribution in [0.15, 0.2) is 35.8 Å². The number of hydrogen-bond donors (Lipinski definition) is 2. The van der Waals surface area contributed by atoms with Crippen LogP contribution in [-0.2, 0) is 6.54 Å². The number of rotatable bonds is 6. The third-order valence-corrected chi connectivity index (χ3v) is 4.42. The van der Waals surface area contributed by atoms with E-state index in [0.29, 0.717) is 13.1 Å². The number of carbonyl (C=O) groups excluding carboxylic acids is 1. The highest BCUT2D eigenvalue weighted by Crippen LogP contribution is 2.18. The normalized spacial score (nSPS) is 11.7. The van der Waals surface area contributed by atoms with Crippen LogP contribution in [0.4, 0.5) is 4.79 Å². The Kier molecular flexibility index (Phi) is 5.70. The lowest BCUT2D eigenvalue weighted by atomic mass is 10.1. The van der Waals surface area contributed by atoms with Crippen LogP contribution in [0.1, 0.15) is 33.8 Å². The van der Waals surface area contributed by atoms with Gasteiger partial charge in [-0.1, -0.05) is 19.1 Å². The molecule has 1 heterocycles.